The number of ether oxygens (including phenoxy) is 2. The Balaban J connectivity index is 1.96. The van der Waals surface area contributed by atoms with Crippen molar-refractivity contribution in [3.8, 4) is 5.75 Å². The van der Waals surface area contributed by atoms with Crippen LogP contribution in [0.4, 0.5) is 13.2 Å². The Morgan fingerprint density at radius 2 is 2.09 bits per heavy atom. The molecule has 0 aliphatic carbocycles. The highest BCUT2D eigenvalue weighted by Gasteiger charge is 2.29. The van der Waals surface area contributed by atoms with E-state index in [2.05, 4.69) is 10.2 Å². The third kappa shape index (κ3) is 4.86. The average molecular weight is 318 g/mol. The van der Waals surface area contributed by atoms with Gasteiger partial charge in [0.25, 0.3) is 0 Å². The molecule has 0 radical (unpaired) electrons. The molecular weight excluding hydrogens is 297 g/mol. The summed E-state index contributed by atoms with van der Waals surface area (Å²) >= 11 is 0. The molecule has 1 aromatic rings. The zero-order valence-electron chi connectivity index (χ0n) is 12.5. The van der Waals surface area contributed by atoms with E-state index < -0.39 is 12.8 Å². The first kappa shape index (κ1) is 17.1. The van der Waals surface area contributed by atoms with Crippen molar-refractivity contribution in [2.24, 2.45) is 0 Å². The first-order valence-corrected chi connectivity index (χ1v) is 7.23. The molecule has 7 heteroatoms. The van der Waals surface area contributed by atoms with Gasteiger partial charge in [0.2, 0.25) is 0 Å². The Morgan fingerprint density at radius 1 is 1.32 bits per heavy atom. The fraction of sp³-hybridized carbons (Fsp3) is 0.600. The molecule has 0 aromatic heterocycles. The maximum atomic E-state index is 12.1. The number of rotatable bonds is 6. The highest BCUT2D eigenvalue weighted by Crippen LogP contribution is 2.29. The number of para-hydroxylation sites is 1. The second kappa shape index (κ2) is 7.80. The van der Waals surface area contributed by atoms with Gasteiger partial charge in [-0.05, 0) is 6.07 Å². The number of alkyl halides is 3. The van der Waals surface area contributed by atoms with Crippen LogP contribution in [0.15, 0.2) is 24.3 Å². The molecule has 1 saturated heterocycles. The molecule has 1 unspecified atom stereocenters. The van der Waals surface area contributed by atoms with E-state index in [4.69, 9.17) is 9.47 Å². The van der Waals surface area contributed by atoms with Crippen LogP contribution in [0.25, 0.3) is 0 Å². The van der Waals surface area contributed by atoms with Crippen molar-refractivity contribution in [2.45, 2.75) is 12.2 Å². The molecule has 1 fully saturated rings. The lowest BCUT2D eigenvalue weighted by Crippen LogP contribution is -2.47. The largest absolute Gasteiger partial charge is 0.496 e. The van der Waals surface area contributed by atoms with Crippen LogP contribution in [-0.4, -0.2) is 57.6 Å². The average Bonchev–Trinajstić information content (AvgIpc) is 2.51. The molecule has 0 amide bonds. The van der Waals surface area contributed by atoms with Gasteiger partial charge in [-0.1, -0.05) is 18.2 Å². The van der Waals surface area contributed by atoms with Crippen LogP contribution in [0.5, 0.6) is 5.75 Å². The van der Waals surface area contributed by atoms with E-state index in [0.29, 0.717) is 6.54 Å². The second-order valence-electron chi connectivity index (χ2n) is 5.17. The van der Waals surface area contributed by atoms with Gasteiger partial charge in [-0.3, -0.25) is 4.90 Å². The molecule has 2 rings (SSSR count). The summed E-state index contributed by atoms with van der Waals surface area (Å²) in [7, 11) is 1.62. The number of benzene rings is 1. The summed E-state index contributed by atoms with van der Waals surface area (Å²) in [6, 6.07) is 7.78. The minimum atomic E-state index is -4.27. The highest BCUT2D eigenvalue weighted by molar-refractivity contribution is 5.36. The lowest BCUT2D eigenvalue weighted by Gasteiger charge is -2.37. The van der Waals surface area contributed by atoms with Crippen LogP contribution in [0.3, 0.4) is 0 Å². The van der Waals surface area contributed by atoms with E-state index in [-0.39, 0.29) is 12.6 Å². The van der Waals surface area contributed by atoms with Crippen LogP contribution in [-0.2, 0) is 4.74 Å². The van der Waals surface area contributed by atoms with Gasteiger partial charge in [0.05, 0.1) is 19.8 Å². The molecule has 1 atom stereocenters. The number of hydrogen-bond acceptors (Lipinski definition) is 4. The summed E-state index contributed by atoms with van der Waals surface area (Å²) in [6.07, 6.45) is -4.27. The third-order valence-corrected chi connectivity index (χ3v) is 3.64. The van der Waals surface area contributed by atoms with Crippen molar-refractivity contribution in [2.75, 3.05) is 46.5 Å². The molecule has 124 valence electrons. The van der Waals surface area contributed by atoms with Crippen molar-refractivity contribution >= 4 is 0 Å². The Hall–Kier alpha value is -1.31. The molecule has 1 heterocycles. The number of hydrogen-bond donors (Lipinski definition) is 1. The van der Waals surface area contributed by atoms with E-state index in [1.807, 2.05) is 24.3 Å². The van der Waals surface area contributed by atoms with Gasteiger partial charge < -0.3 is 14.8 Å². The Morgan fingerprint density at radius 3 is 2.82 bits per heavy atom. The smallest absolute Gasteiger partial charge is 0.411 e. The first-order chi connectivity index (χ1) is 10.5. The van der Waals surface area contributed by atoms with Gasteiger partial charge in [-0.15, -0.1) is 0 Å². The SMILES string of the molecule is COc1ccccc1C1CNCCN1CCOCC(F)(F)F. The summed E-state index contributed by atoms with van der Waals surface area (Å²) in [4.78, 5) is 2.13. The molecule has 22 heavy (non-hydrogen) atoms. The molecule has 1 aliphatic rings. The van der Waals surface area contributed by atoms with Crippen LogP contribution >= 0.6 is 0 Å². The van der Waals surface area contributed by atoms with Gasteiger partial charge in [0.1, 0.15) is 12.4 Å². The number of methoxy groups -OCH3 is 1. The van der Waals surface area contributed by atoms with Gasteiger partial charge in [0, 0.05) is 31.7 Å². The van der Waals surface area contributed by atoms with Crippen molar-refractivity contribution in [1.82, 2.24) is 10.2 Å². The van der Waals surface area contributed by atoms with Crippen LogP contribution < -0.4 is 10.1 Å². The topological polar surface area (TPSA) is 33.7 Å². The molecule has 4 nitrogen and oxygen atoms in total. The van der Waals surface area contributed by atoms with Crippen LogP contribution in [0.2, 0.25) is 0 Å². The van der Waals surface area contributed by atoms with Gasteiger partial charge >= 0.3 is 6.18 Å². The molecule has 0 saturated carbocycles. The minimum absolute atomic E-state index is 0.0607. The zero-order valence-corrected chi connectivity index (χ0v) is 12.5. The van der Waals surface area contributed by atoms with Gasteiger partial charge in [0.15, 0.2) is 0 Å². The van der Waals surface area contributed by atoms with E-state index in [0.717, 1.165) is 30.9 Å². The predicted octanol–water partition coefficient (Wildman–Crippen LogP) is 2.22. The Labute approximate surface area is 128 Å². The lowest BCUT2D eigenvalue weighted by molar-refractivity contribution is -0.175. The third-order valence-electron chi connectivity index (χ3n) is 3.64. The maximum Gasteiger partial charge on any atom is 0.411 e. The Bertz CT molecular complexity index is 468. The molecule has 0 spiro atoms. The maximum absolute atomic E-state index is 12.1. The summed E-state index contributed by atoms with van der Waals surface area (Å²) in [5.41, 5.74) is 1.04. The van der Waals surface area contributed by atoms with E-state index in [9.17, 15) is 13.2 Å². The number of nitrogens with one attached hydrogen (secondary N) is 1. The quantitative estimate of drug-likeness (QED) is 0.816. The fourth-order valence-electron chi connectivity index (χ4n) is 2.63. The van der Waals surface area contributed by atoms with Crippen molar-refractivity contribution in [3.05, 3.63) is 29.8 Å². The Kier molecular flexibility index (Phi) is 6.05. The van der Waals surface area contributed by atoms with Gasteiger partial charge in [-0.2, -0.15) is 13.2 Å². The standard InChI is InChI=1S/C15H21F3N2O2/c1-21-14-5-3-2-4-12(14)13-10-19-6-7-20(13)8-9-22-11-15(16,17)18/h2-5,13,19H,6-11H2,1H3. The summed E-state index contributed by atoms with van der Waals surface area (Å²) in [6.45, 7) is 1.63. The van der Waals surface area contributed by atoms with Crippen molar-refractivity contribution < 1.29 is 22.6 Å². The van der Waals surface area contributed by atoms with E-state index in [1.165, 1.54) is 0 Å². The zero-order chi connectivity index (χ0) is 16.0. The van der Waals surface area contributed by atoms with Crippen LogP contribution in [0.1, 0.15) is 11.6 Å². The first-order valence-electron chi connectivity index (χ1n) is 7.23. The summed E-state index contributed by atoms with van der Waals surface area (Å²) in [5.74, 6) is 0.789. The predicted molar refractivity (Wildman–Crippen MR) is 77.1 cm³/mol. The second-order valence-corrected chi connectivity index (χ2v) is 5.17. The lowest BCUT2D eigenvalue weighted by atomic mass is 10.0. The molecular formula is C15H21F3N2O2. The normalized spacial score (nSPS) is 20.1. The van der Waals surface area contributed by atoms with Gasteiger partial charge in [-0.25, -0.2) is 0 Å². The van der Waals surface area contributed by atoms with Crippen molar-refractivity contribution in [3.63, 3.8) is 0 Å². The molecule has 1 aliphatic heterocycles. The van der Waals surface area contributed by atoms with Crippen molar-refractivity contribution in [1.29, 1.82) is 0 Å². The number of piperazine rings is 1. The van der Waals surface area contributed by atoms with E-state index in [1.54, 1.807) is 7.11 Å². The fourth-order valence-corrected chi connectivity index (χ4v) is 2.63. The summed E-state index contributed by atoms with van der Waals surface area (Å²) in [5, 5.41) is 3.31. The number of halogens is 3. The minimum Gasteiger partial charge on any atom is -0.496 e. The molecule has 1 aromatic carbocycles. The summed E-state index contributed by atoms with van der Waals surface area (Å²) < 4.78 is 46.4. The molecule has 1 N–H and O–H groups in total. The van der Waals surface area contributed by atoms with E-state index >= 15 is 0 Å². The highest BCUT2D eigenvalue weighted by atomic mass is 19.4. The van der Waals surface area contributed by atoms with Crippen LogP contribution in [0, 0.1) is 0 Å². The molecule has 0 bridgehead atoms. The number of nitrogens with zero attached hydrogens (tertiary/aromatic N) is 1. The monoisotopic (exact) mass is 318 g/mol.